The van der Waals surface area contributed by atoms with Gasteiger partial charge in [0, 0.05) is 19.3 Å². The molecule has 27 heavy (non-hydrogen) atoms. The second-order valence-electron chi connectivity index (χ2n) is 5.92. The second kappa shape index (κ2) is 8.79. The Bertz CT molecular complexity index is 840. The Labute approximate surface area is 161 Å². The van der Waals surface area contributed by atoms with E-state index in [-0.39, 0.29) is 23.0 Å². The number of ether oxygens (including phenoxy) is 2. The van der Waals surface area contributed by atoms with Crippen LogP contribution >= 0.6 is 11.6 Å². The van der Waals surface area contributed by atoms with Crippen LogP contribution in [0.5, 0.6) is 0 Å². The molecule has 0 spiro atoms. The molecular weight excluding hydrogens is 372 g/mol. The van der Waals surface area contributed by atoms with E-state index < -0.39 is 11.9 Å². The van der Waals surface area contributed by atoms with Crippen LogP contribution in [0.1, 0.15) is 33.7 Å². The topological polar surface area (TPSA) is 102 Å². The Balaban J connectivity index is 1.69. The average Bonchev–Trinajstić information content (AvgIpc) is 3.21. The zero-order chi connectivity index (χ0) is 19.2. The third-order valence-electron chi connectivity index (χ3n) is 4.04. The summed E-state index contributed by atoms with van der Waals surface area (Å²) in [7, 11) is 1.28. The molecule has 1 saturated heterocycles. The summed E-state index contributed by atoms with van der Waals surface area (Å²) in [5, 5.41) is 6.02. The molecule has 1 aliphatic rings. The number of halogens is 1. The minimum absolute atomic E-state index is 0.131. The van der Waals surface area contributed by atoms with Crippen LogP contribution < -0.4 is 10.6 Å². The monoisotopic (exact) mass is 390 g/mol. The lowest BCUT2D eigenvalue weighted by molar-refractivity contribution is 0.0600. The highest BCUT2D eigenvalue weighted by Gasteiger charge is 2.17. The maximum Gasteiger partial charge on any atom is 0.337 e. The molecule has 1 fully saturated rings. The molecule has 2 heterocycles. The highest BCUT2D eigenvalue weighted by molar-refractivity contribution is 6.34. The Morgan fingerprint density at radius 3 is 2.96 bits per heavy atom. The molecular formula is C18H19ClN4O4. The van der Waals surface area contributed by atoms with Gasteiger partial charge in [-0.2, -0.15) is 0 Å². The van der Waals surface area contributed by atoms with Crippen LogP contribution in [0.4, 0.5) is 11.6 Å². The van der Waals surface area contributed by atoms with Crippen molar-refractivity contribution in [2.75, 3.05) is 30.9 Å². The number of carbonyl (C=O) groups excluding carboxylic acids is 2. The van der Waals surface area contributed by atoms with Gasteiger partial charge in [0.05, 0.1) is 29.5 Å². The van der Waals surface area contributed by atoms with E-state index in [1.807, 2.05) is 0 Å². The van der Waals surface area contributed by atoms with Crippen molar-refractivity contribution < 1.29 is 19.1 Å². The standard InChI is InChI=1S/C18H19ClN4O4/c1-26-17(25)11-4-5-13(19)15(9-11)22-16(24)14-6-7-20-18(23-14)21-10-12-3-2-8-27-12/h4-7,9,12H,2-3,8,10H2,1H3,(H,22,24)(H,20,21,23). The van der Waals surface area contributed by atoms with Gasteiger partial charge in [-0.25, -0.2) is 14.8 Å². The predicted octanol–water partition coefficient (Wildman–Crippen LogP) is 2.76. The summed E-state index contributed by atoms with van der Waals surface area (Å²) in [5.41, 5.74) is 0.732. The van der Waals surface area contributed by atoms with Gasteiger partial charge in [0.25, 0.3) is 5.91 Å². The number of methoxy groups -OCH3 is 1. The number of anilines is 2. The van der Waals surface area contributed by atoms with Crippen LogP contribution in [-0.4, -0.2) is 48.2 Å². The fourth-order valence-corrected chi connectivity index (χ4v) is 2.80. The molecule has 142 valence electrons. The zero-order valence-electron chi connectivity index (χ0n) is 14.7. The Morgan fingerprint density at radius 2 is 2.22 bits per heavy atom. The number of benzene rings is 1. The molecule has 0 saturated carbocycles. The molecule has 8 nitrogen and oxygen atoms in total. The molecule has 1 atom stereocenters. The Kier molecular flexibility index (Phi) is 6.20. The minimum Gasteiger partial charge on any atom is -0.465 e. The van der Waals surface area contributed by atoms with E-state index in [9.17, 15) is 9.59 Å². The minimum atomic E-state index is -0.523. The van der Waals surface area contributed by atoms with E-state index in [0.717, 1.165) is 19.4 Å². The lowest BCUT2D eigenvalue weighted by atomic mass is 10.2. The number of esters is 1. The van der Waals surface area contributed by atoms with Crippen LogP contribution in [0.15, 0.2) is 30.5 Å². The Hall–Kier alpha value is -2.71. The number of hydrogen-bond acceptors (Lipinski definition) is 7. The van der Waals surface area contributed by atoms with E-state index in [4.69, 9.17) is 16.3 Å². The van der Waals surface area contributed by atoms with Gasteiger partial charge in [-0.1, -0.05) is 11.6 Å². The first-order valence-electron chi connectivity index (χ1n) is 8.44. The molecule has 0 radical (unpaired) electrons. The van der Waals surface area contributed by atoms with E-state index in [1.165, 1.54) is 37.6 Å². The predicted molar refractivity (Wildman–Crippen MR) is 100 cm³/mol. The third kappa shape index (κ3) is 4.93. The first-order chi connectivity index (χ1) is 13.1. The van der Waals surface area contributed by atoms with E-state index in [1.54, 1.807) is 0 Å². The van der Waals surface area contributed by atoms with Crippen molar-refractivity contribution in [1.29, 1.82) is 0 Å². The molecule has 2 N–H and O–H groups in total. The summed E-state index contributed by atoms with van der Waals surface area (Å²) in [6.45, 7) is 1.35. The van der Waals surface area contributed by atoms with Gasteiger partial charge in [0.15, 0.2) is 0 Å². The van der Waals surface area contributed by atoms with Gasteiger partial charge in [-0.05, 0) is 37.1 Å². The van der Waals surface area contributed by atoms with Crippen LogP contribution in [0, 0.1) is 0 Å². The lowest BCUT2D eigenvalue weighted by Crippen LogP contribution is -2.21. The largest absolute Gasteiger partial charge is 0.465 e. The van der Waals surface area contributed by atoms with Gasteiger partial charge in [0.2, 0.25) is 5.95 Å². The van der Waals surface area contributed by atoms with Crippen molar-refractivity contribution in [3.05, 3.63) is 46.7 Å². The molecule has 1 aromatic heterocycles. The van der Waals surface area contributed by atoms with Crippen LogP contribution in [0.3, 0.4) is 0 Å². The SMILES string of the molecule is COC(=O)c1ccc(Cl)c(NC(=O)c2ccnc(NCC3CCCO3)n2)c1. The van der Waals surface area contributed by atoms with E-state index in [2.05, 4.69) is 25.3 Å². The summed E-state index contributed by atoms with van der Waals surface area (Å²) in [6, 6.07) is 5.97. The van der Waals surface area contributed by atoms with Gasteiger partial charge < -0.3 is 20.1 Å². The van der Waals surface area contributed by atoms with Gasteiger partial charge >= 0.3 is 5.97 Å². The zero-order valence-corrected chi connectivity index (χ0v) is 15.5. The van der Waals surface area contributed by atoms with Gasteiger partial charge in [0.1, 0.15) is 5.69 Å². The maximum atomic E-state index is 12.5. The highest BCUT2D eigenvalue weighted by Crippen LogP contribution is 2.24. The first-order valence-corrected chi connectivity index (χ1v) is 8.82. The summed E-state index contributed by atoms with van der Waals surface area (Å²) >= 11 is 6.10. The molecule has 0 aliphatic carbocycles. The number of carbonyl (C=O) groups is 2. The quantitative estimate of drug-likeness (QED) is 0.731. The first kappa shape index (κ1) is 19.1. The van der Waals surface area contributed by atoms with Crippen molar-refractivity contribution in [3.8, 4) is 0 Å². The third-order valence-corrected chi connectivity index (χ3v) is 4.37. The van der Waals surface area contributed by atoms with Gasteiger partial charge in [-0.15, -0.1) is 0 Å². The van der Waals surface area contributed by atoms with Crippen molar-refractivity contribution in [2.24, 2.45) is 0 Å². The summed E-state index contributed by atoms with van der Waals surface area (Å²) in [5.74, 6) is -0.654. The highest BCUT2D eigenvalue weighted by atomic mass is 35.5. The summed E-state index contributed by atoms with van der Waals surface area (Å²) in [6.07, 6.45) is 3.65. The van der Waals surface area contributed by atoms with E-state index >= 15 is 0 Å². The van der Waals surface area contributed by atoms with Crippen LogP contribution in [0.25, 0.3) is 0 Å². The number of nitrogens with one attached hydrogen (secondary N) is 2. The molecule has 0 bridgehead atoms. The number of rotatable bonds is 6. The molecule has 9 heteroatoms. The van der Waals surface area contributed by atoms with Crippen molar-refractivity contribution in [2.45, 2.75) is 18.9 Å². The van der Waals surface area contributed by atoms with Crippen molar-refractivity contribution in [1.82, 2.24) is 9.97 Å². The molecule has 1 aliphatic heterocycles. The Morgan fingerprint density at radius 1 is 1.37 bits per heavy atom. The second-order valence-corrected chi connectivity index (χ2v) is 6.33. The molecule has 1 amide bonds. The van der Waals surface area contributed by atoms with E-state index in [0.29, 0.717) is 17.5 Å². The molecule has 3 rings (SSSR count). The molecule has 2 aromatic rings. The van der Waals surface area contributed by atoms with Crippen molar-refractivity contribution in [3.63, 3.8) is 0 Å². The smallest absolute Gasteiger partial charge is 0.337 e. The van der Waals surface area contributed by atoms with Crippen molar-refractivity contribution >= 4 is 35.1 Å². The normalized spacial score (nSPS) is 16.0. The molecule has 1 unspecified atom stereocenters. The molecule has 1 aromatic carbocycles. The van der Waals surface area contributed by atoms with Crippen LogP contribution in [-0.2, 0) is 9.47 Å². The number of amides is 1. The lowest BCUT2D eigenvalue weighted by Gasteiger charge is -2.11. The summed E-state index contributed by atoms with van der Waals surface area (Å²) in [4.78, 5) is 32.5. The van der Waals surface area contributed by atoms with Gasteiger partial charge in [-0.3, -0.25) is 4.79 Å². The fraction of sp³-hybridized carbons (Fsp3) is 0.333. The number of nitrogens with zero attached hydrogens (tertiary/aromatic N) is 2. The van der Waals surface area contributed by atoms with Crippen LogP contribution in [0.2, 0.25) is 5.02 Å². The number of hydrogen-bond donors (Lipinski definition) is 2. The average molecular weight is 391 g/mol. The number of aromatic nitrogens is 2. The maximum absolute atomic E-state index is 12.5. The summed E-state index contributed by atoms with van der Waals surface area (Å²) < 4.78 is 10.2. The fourth-order valence-electron chi connectivity index (χ4n) is 2.63.